The van der Waals surface area contributed by atoms with E-state index >= 15 is 0 Å². The van der Waals surface area contributed by atoms with Crippen molar-refractivity contribution in [1.82, 2.24) is 0 Å². The van der Waals surface area contributed by atoms with Crippen LogP contribution in [-0.2, 0) is 0 Å². The molecular weight excluding hydrogens is 261 g/mol. The van der Waals surface area contributed by atoms with E-state index in [9.17, 15) is 4.39 Å². The van der Waals surface area contributed by atoms with Crippen LogP contribution in [0, 0.1) is 5.82 Å². The van der Waals surface area contributed by atoms with E-state index < -0.39 is 6.04 Å². The van der Waals surface area contributed by atoms with Crippen molar-refractivity contribution in [2.45, 2.75) is 6.04 Å². The molecule has 0 bridgehead atoms. The van der Waals surface area contributed by atoms with Crippen LogP contribution in [0.25, 0.3) is 0 Å². The molecule has 0 saturated heterocycles. The maximum atomic E-state index is 13.9. The van der Waals surface area contributed by atoms with E-state index in [2.05, 4.69) is 0 Å². The van der Waals surface area contributed by atoms with Crippen molar-refractivity contribution in [1.29, 1.82) is 0 Å². The summed E-state index contributed by atoms with van der Waals surface area (Å²) in [6.07, 6.45) is 0. The van der Waals surface area contributed by atoms with Gasteiger partial charge in [-0.2, -0.15) is 0 Å². The number of ether oxygens (including phenoxy) is 1. The molecule has 1 aromatic heterocycles. The van der Waals surface area contributed by atoms with Crippen molar-refractivity contribution >= 4 is 23.7 Å². The zero-order chi connectivity index (χ0) is 11.5. The molecule has 0 aliphatic carbocycles. The summed E-state index contributed by atoms with van der Waals surface area (Å²) in [6.45, 7) is 0. The Bertz CT molecular complexity index is 475. The number of nitrogens with two attached hydrogens (primary N) is 1. The quantitative estimate of drug-likeness (QED) is 0.931. The molecule has 0 fully saturated rings. The van der Waals surface area contributed by atoms with Crippen LogP contribution in [0.1, 0.15) is 16.5 Å². The predicted molar refractivity (Wildman–Crippen MR) is 70.5 cm³/mol. The monoisotopic (exact) mass is 273 g/mol. The SMILES string of the molecule is COc1cccc([C@@H](N)c2cccs2)c1F.Cl. The maximum absolute atomic E-state index is 13.9. The van der Waals surface area contributed by atoms with E-state index in [-0.39, 0.29) is 24.0 Å². The average Bonchev–Trinajstić information content (AvgIpc) is 2.82. The Morgan fingerprint density at radius 2 is 2.06 bits per heavy atom. The number of benzene rings is 1. The Morgan fingerprint density at radius 3 is 2.65 bits per heavy atom. The van der Waals surface area contributed by atoms with Crippen molar-refractivity contribution in [3.8, 4) is 5.75 Å². The highest BCUT2D eigenvalue weighted by Gasteiger charge is 2.17. The van der Waals surface area contributed by atoms with Crippen molar-refractivity contribution in [3.05, 3.63) is 52.0 Å². The van der Waals surface area contributed by atoms with Gasteiger partial charge in [0.1, 0.15) is 0 Å². The lowest BCUT2D eigenvalue weighted by Crippen LogP contribution is -2.12. The number of hydrogen-bond donors (Lipinski definition) is 1. The Labute approximate surface area is 110 Å². The van der Waals surface area contributed by atoms with Crippen LogP contribution in [0.15, 0.2) is 35.7 Å². The molecule has 0 aliphatic heterocycles. The van der Waals surface area contributed by atoms with Gasteiger partial charge in [-0.25, -0.2) is 4.39 Å². The van der Waals surface area contributed by atoms with Crippen LogP contribution in [0.3, 0.4) is 0 Å². The van der Waals surface area contributed by atoms with Crippen LogP contribution >= 0.6 is 23.7 Å². The molecule has 0 radical (unpaired) electrons. The number of halogens is 2. The zero-order valence-corrected chi connectivity index (χ0v) is 10.9. The molecule has 1 aromatic carbocycles. The van der Waals surface area contributed by atoms with Gasteiger partial charge in [0.05, 0.1) is 13.2 Å². The first-order valence-corrected chi connectivity index (χ1v) is 5.73. The fraction of sp³-hybridized carbons (Fsp3) is 0.167. The number of hydrogen-bond acceptors (Lipinski definition) is 3. The maximum Gasteiger partial charge on any atom is 0.170 e. The average molecular weight is 274 g/mol. The molecule has 0 saturated carbocycles. The minimum absolute atomic E-state index is 0. The summed E-state index contributed by atoms with van der Waals surface area (Å²) in [6, 6.07) is 8.37. The normalized spacial score (nSPS) is 11.7. The zero-order valence-electron chi connectivity index (χ0n) is 9.22. The van der Waals surface area contributed by atoms with Gasteiger partial charge < -0.3 is 10.5 Å². The molecule has 0 amide bonds. The van der Waals surface area contributed by atoms with E-state index in [1.807, 2.05) is 17.5 Å². The summed E-state index contributed by atoms with van der Waals surface area (Å²) in [7, 11) is 1.44. The first-order chi connectivity index (χ1) is 7.74. The minimum Gasteiger partial charge on any atom is -0.494 e. The molecule has 0 unspecified atom stereocenters. The number of thiophene rings is 1. The molecule has 2 N–H and O–H groups in total. The first kappa shape index (κ1) is 14.0. The Hall–Kier alpha value is -1.10. The third kappa shape index (κ3) is 2.77. The van der Waals surface area contributed by atoms with Gasteiger partial charge in [-0.15, -0.1) is 23.7 Å². The van der Waals surface area contributed by atoms with Crippen molar-refractivity contribution in [2.24, 2.45) is 5.73 Å². The summed E-state index contributed by atoms with van der Waals surface area (Å²) in [5.74, 6) is -0.157. The number of rotatable bonds is 3. The summed E-state index contributed by atoms with van der Waals surface area (Å²) in [5, 5.41) is 1.92. The molecular formula is C12H13ClFNOS. The van der Waals surface area contributed by atoms with Gasteiger partial charge in [-0.1, -0.05) is 18.2 Å². The third-order valence-corrected chi connectivity index (χ3v) is 3.35. The van der Waals surface area contributed by atoms with E-state index in [4.69, 9.17) is 10.5 Å². The van der Waals surface area contributed by atoms with Gasteiger partial charge in [0.15, 0.2) is 11.6 Å². The Balaban J connectivity index is 0.00000144. The standard InChI is InChI=1S/C12H12FNOS.ClH/c1-15-9-5-2-4-8(11(9)13)12(14)10-6-3-7-16-10;/h2-7,12H,14H2,1H3;1H/t12-;/m1./s1. The second-order valence-electron chi connectivity index (χ2n) is 3.36. The highest BCUT2D eigenvalue weighted by molar-refractivity contribution is 7.10. The van der Waals surface area contributed by atoms with Gasteiger partial charge in [-0.05, 0) is 17.5 Å². The summed E-state index contributed by atoms with van der Waals surface area (Å²) < 4.78 is 18.8. The van der Waals surface area contributed by atoms with Crippen molar-refractivity contribution in [2.75, 3.05) is 7.11 Å². The predicted octanol–water partition coefficient (Wildman–Crippen LogP) is 3.37. The van der Waals surface area contributed by atoms with Crippen LogP contribution in [0.2, 0.25) is 0 Å². The van der Waals surface area contributed by atoms with E-state index in [0.717, 1.165) is 4.88 Å². The highest BCUT2D eigenvalue weighted by atomic mass is 35.5. The molecule has 2 rings (SSSR count). The second-order valence-corrected chi connectivity index (χ2v) is 4.34. The third-order valence-electron chi connectivity index (χ3n) is 2.40. The van der Waals surface area contributed by atoms with Crippen LogP contribution in [0.4, 0.5) is 4.39 Å². The van der Waals surface area contributed by atoms with Crippen LogP contribution in [-0.4, -0.2) is 7.11 Å². The molecule has 5 heteroatoms. The topological polar surface area (TPSA) is 35.2 Å². The van der Waals surface area contributed by atoms with E-state index in [1.165, 1.54) is 18.4 Å². The van der Waals surface area contributed by atoms with Crippen molar-refractivity contribution < 1.29 is 9.13 Å². The van der Waals surface area contributed by atoms with E-state index in [1.54, 1.807) is 18.2 Å². The molecule has 0 aliphatic rings. The molecule has 1 atom stereocenters. The Morgan fingerprint density at radius 1 is 1.29 bits per heavy atom. The first-order valence-electron chi connectivity index (χ1n) is 4.85. The smallest absolute Gasteiger partial charge is 0.170 e. The van der Waals surface area contributed by atoms with Crippen LogP contribution in [0.5, 0.6) is 5.75 Å². The molecule has 92 valence electrons. The van der Waals surface area contributed by atoms with E-state index in [0.29, 0.717) is 5.56 Å². The summed E-state index contributed by atoms with van der Waals surface area (Å²) in [5.41, 5.74) is 6.46. The lowest BCUT2D eigenvalue weighted by molar-refractivity contribution is 0.383. The Kier molecular flexibility index (Phi) is 4.93. The largest absolute Gasteiger partial charge is 0.494 e. The highest BCUT2D eigenvalue weighted by Crippen LogP contribution is 2.29. The van der Waals surface area contributed by atoms with Gasteiger partial charge in [0.25, 0.3) is 0 Å². The lowest BCUT2D eigenvalue weighted by atomic mass is 10.1. The molecule has 0 spiro atoms. The fourth-order valence-electron chi connectivity index (χ4n) is 1.55. The van der Waals surface area contributed by atoms with Gasteiger partial charge in [0.2, 0.25) is 0 Å². The number of methoxy groups -OCH3 is 1. The molecule has 1 heterocycles. The second kappa shape index (κ2) is 6.00. The lowest BCUT2D eigenvalue weighted by Gasteiger charge is -2.12. The van der Waals surface area contributed by atoms with Gasteiger partial charge in [-0.3, -0.25) is 0 Å². The molecule has 2 aromatic rings. The van der Waals surface area contributed by atoms with Gasteiger partial charge >= 0.3 is 0 Å². The van der Waals surface area contributed by atoms with Crippen LogP contribution < -0.4 is 10.5 Å². The molecule has 2 nitrogen and oxygen atoms in total. The summed E-state index contributed by atoms with van der Waals surface area (Å²) in [4.78, 5) is 0.937. The van der Waals surface area contributed by atoms with Crippen molar-refractivity contribution in [3.63, 3.8) is 0 Å². The fourth-order valence-corrected chi connectivity index (χ4v) is 2.29. The summed E-state index contributed by atoms with van der Waals surface area (Å²) >= 11 is 1.52. The minimum atomic E-state index is -0.435. The van der Waals surface area contributed by atoms with Gasteiger partial charge in [0, 0.05) is 10.4 Å². The molecule has 17 heavy (non-hydrogen) atoms.